The molecule has 2 aromatic rings. The topological polar surface area (TPSA) is 98.7 Å². The molecule has 2 aliphatic heterocycles. The van der Waals surface area contributed by atoms with Crippen LogP contribution in [0.15, 0.2) is 34.6 Å². The van der Waals surface area contributed by atoms with E-state index in [0.29, 0.717) is 23.6 Å². The summed E-state index contributed by atoms with van der Waals surface area (Å²) in [6.07, 6.45) is -8.38. The Bertz CT molecular complexity index is 1360. The number of nitrogens with one attached hydrogen (secondary N) is 2. The molecule has 0 bridgehead atoms. The van der Waals surface area contributed by atoms with E-state index < -0.39 is 47.3 Å². The molecule has 0 aliphatic carbocycles. The molecule has 1 aromatic heterocycles. The molecule has 3 heterocycles. The number of hydrogen-bond acceptors (Lipinski definition) is 7. The first-order valence-electron chi connectivity index (χ1n) is 11.5. The van der Waals surface area contributed by atoms with Crippen LogP contribution in [0.1, 0.15) is 28.8 Å². The van der Waals surface area contributed by atoms with Crippen LogP contribution in [0, 0.1) is 0 Å². The summed E-state index contributed by atoms with van der Waals surface area (Å²) in [5.74, 6) is -1.90. The Morgan fingerprint density at radius 1 is 1.10 bits per heavy atom. The van der Waals surface area contributed by atoms with Gasteiger partial charge in [-0.15, -0.1) is 11.3 Å². The number of carboxylic acids is 1. The van der Waals surface area contributed by atoms with Gasteiger partial charge in [0.25, 0.3) is 5.91 Å². The Labute approximate surface area is 236 Å². The third kappa shape index (κ3) is 7.03. The van der Waals surface area contributed by atoms with Crippen molar-refractivity contribution in [3.8, 4) is 11.1 Å². The van der Waals surface area contributed by atoms with Gasteiger partial charge < -0.3 is 15.7 Å². The minimum absolute atomic E-state index is 0.0313. The van der Waals surface area contributed by atoms with Gasteiger partial charge in [-0.05, 0) is 53.3 Å². The summed E-state index contributed by atoms with van der Waals surface area (Å²) in [4.78, 5) is 38.0. The van der Waals surface area contributed by atoms with Gasteiger partial charge in [0.2, 0.25) is 5.91 Å². The SMILES string of the molecule is O=C(CCN1C(=O)/C(=C/c2cc(-c3cc(C(F)(F)F)cc(C(F)(F)F)c3)cs2)SC1=S)N[C@H]1CN[C@H](C(=O)O)C1. The van der Waals surface area contributed by atoms with Crippen molar-refractivity contribution in [1.29, 1.82) is 0 Å². The molecule has 2 saturated heterocycles. The maximum Gasteiger partial charge on any atom is 0.416 e. The molecule has 0 unspecified atom stereocenters. The number of amides is 2. The number of halogens is 6. The zero-order valence-electron chi connectivity index (χ0n) is 20.1. The number of carbonyl (C=O) groups is 3. The summed E-state index contributed by atoms with van der Waals surface area (Å²) in [5.41, 5.74) is -3.02. The highest BCUT2D eigenvalue weighted by Gasteiger charge is 2.37. The molecule has 214 valence electrons. The molecule has 2 amide bonds. The van der Waals surface area contributed by atoms with E-state index in [1.54, 1.807) is 0 Å². The number of carbonyl (C=O) groups excluding carboxylic acids is 2. The summed E-state index contributed by atoms with van der Waals surface area (Å²) in [6, 6.07) is 1.58. The first kappa shape index (κ1) is 30.0. The van der Waals surface area contributed by atoms with Crippen LogP contribution < -0.4 is 10.6 Å². The number of thiocarbonyl (C=S) groups is 1. The van der Waals surface area contributed by atoms with E-state index in [1.807, 2.05) is 0 Å². The second kappa shape index (κ2) is 11.5. The number of carboxylic acid groups (broad SMARTS) is 1. The van der Waals surface area contributed by atoms with Crippen molar-refractivity contribution in [1.82, 2.24) is 15.5 Å². The zero-order valence-corrected chi connectivity index (χ0v) is 22.5. The standard InChI is InChI=1S/C24H19F6N3O4S3/c25-23(26,27)13-3-11(4-14(6-13)24(28,29)30)12-5-16(39-10-12)8-18-20(35)33(22(38)40-18)2-1-19(34)32-15-7-17(21(36)37)31-9-15/h3-6,8,10,15,17,31H,1-2,7,9H2,(H,32,34)(H,36,37)/b18-8-/t15-,17+/m1/s1. The molecule has 4 rings (SSSR count). The van der Waals surface area contributed by atoms with E-state index in [0.717, 1.165) is 23.1 Å². The molecule has 0 spiro atoms. The predicted molar refractivity (Wildman–Crippen MR) is 140 cm³/mol. The second-order valence-corrected chi connectivity index (χ2v) is 11.5. The van der Waals surface area contributed by atoms with Crippen molar-refractivity contribution in [2.24, 2.45) is 0 Å². The lowest BCUT2D eigenvalue weighted by Gasteiger charge is -2.16. The average Bonchev–Trinajstić information content (AvgIpc) is 3.57. The van der Waals surface area contributed by atoms with Gasteiger partial charge in [-0.1, -0.05) is 24.0 Å². The van der Waals surface area contributed by atoms with Gasteiger partial charge in [-0.25, -0.2) is 0 Å². The maximum absolute atomic E-state index is 13.2. The maximum atomic E-state index is 13.2. The van der Waals surface area contributed by atoms with E-state index in [2.05, 4.69) is 10.6 Å². The number of aliphatic carboxylic acids is 1. The van der Waals surface area contributed by atoms with E-state index in [1.165, 1.54) is 22.4 Å². The van der Waals surface area contributed by atoms with Crippen molar-refractivity contribution in [2.75, 3.05) is 13.1 Å². The van der Waals surface area contributed by atoms with Crippen LogP contribution in [0.25, 0.3) is 17.2 Å². The van der Waals surface area contributed by atoms with Crippen LogP contribution in [0.2, 0.25) is 0 Å². The number of hydrogen-bond donors (Lipinski definition) is 3. The Balaban J connectivity index is 1.43. The molecule has 2 fully saturated rings. The van der Waals surface area contributed by atoms with Crippen LogP contribution in [0.3, 0.4) is 0 Å². The van der Waals surface area contributed by atoms with Gasteiger partial charge in [0.15, 0.2) is 0 Å². The highest BCUT2D eigenvalue weighted by molar-refractivity contribution is 8.26. The zero-order chi connectivity index (χ0) is 29.4. The fourth-order valence-corrected chi connectivity index (χ4v) is 6.29. The molecular formula is C24H19F6N3O4S3. The van der Waals surface area contributed by atoms with Crippen LogP contribution in [-0.2, 0) is 26.7 Å². The van der Waals surface area contributed by atoms with Gasteiger partial charge >= 0.3 is 18.3 Å². The van der Waals surface area contributed by atoms with Crippen LogP contribution >= 0.6 is 35.3 Å². The Morgan fingerprint density at radius 3 is 2.33 bits per heavy atom. The lowest BCUT2D eigenvalue weighted by atomic mass is 10.0. The minimum Gasteiger partial charge on any atom is -0.480 e. The molecule has 7 nitrogen and oxygen atoms in total. The summed E-state index contributed by atoms with van der Waals surface area (Å²) >= 11 is 7.22. The van der Waals surface area contributed by atoms with Gasteiger partial charge in [0.1, 0.15) is 10.4 Å². The van der Waals surface area contributed by atoms with Crippen molar-refractivity contribution >= 4 is 63.5 Å². The number of rotatable bonds is 7. The molecule has 0 radical (unpaired) electrons. The number of alkyl halides is 6. The van der Waals surface area contributed by atoms with Crippen molar-refractivity contribution in [3.63, 3.8) is 0 Å². The summed E-state index contributed by atoms with van der Waals surface area (Å²) in [5, 5.41) is 15.9. The first-order valence-corrected chi connectivity index (χ1v) is 13.6. The van der Waals surface area contributed by atoms with Gasteiger partial charge in [0.05, 0.1) is 16.0 Å². The lowest BCUT2D eigenvalue weighted by Crippen LogP contribution is -2.39. The van der Waals surface area contributed by atoms with E-state index >= 15 is 0 Å². The number of thioether (sulfide) groups is 1. The molecule has 3 N–H and O–H groups in total. The monoisotopic (exact) mass is 623 g/mol. The van der Waals surface area contributed by atoms with Crippen molar-refractivity contribution in [3.05, 3.63) is 50.6 Å². The summed E-state index contributed by atoms with van der Waals surface area (Å²) in [7, 11) is 0. The van der Waals surface area contributed by atoms with Crippen molar-refractivity contribution in [2.45, 2.75) is 37.3 Å². The molecule has 2 atom stereocenters. The quantitative estimate of drug-likeness (QED) is 0.228. The fraction of sp³-hybridized carbons (Fsp3) is 0.333. The van der Waals surface area contributed by atoms with Crippen LogP contribution in [0.4, 0.5) is 26.3 Å². The van der Waals surface area contributed by atoms with E-state index in [4.69, 9.17) is 17.3 Å². The first-order chi connectivity index (χ1) is 18.6. The molecular weight excluding hydrogens is 604 g/mol. The highest BCUT2D eigenvalue weighted by atomic mass is 32.2. The van der Waals surface area contributed by atoms with Crippen LogP contribution in [-0.4, -0.2) is 57.3 Å². The average molecular weight is 624 g/mol. The molecule has 40 heavy (non-hydrogen) atoms. The normalized spacial score (nSPS) is 20.9. The largest absolute Gasteiger partial charge is 0.480 e. The third-order valence-electron chi connectivity index (χ3n) is 6.04. The smallest absolute Gasteiger partial charge is 0.416 e. The number of benzene rings is 1. The minimum atomic E-state index is -4.98. The lowest BCUT2D eigenvalue weighted by molar-refractivity contribution is -0.143. The third-order valence-corrected chi connectivity index (χ3v) is 8.30. The van der Waals surface area contributed by atoms with E-state index in [-0.39, 0.29) is 51.8 Å². The fourth-order valence-electron chi connectivity index (χ4n) is 4.07. The molecule has 0 saturated carbocycles. The second-order valence-electron chi connectivity index (χ2n) is 8.91. The van der Waals surface area contributed by atoms with Gasteiger partial charge in [-0.3, -0.25) is 19.3 Å². The highest BCUT2D eigenvalue weighted by Crippen LogP contribution is 2.40. The Morgan fingerprint density at radius 2 is 1.75 bits per heavy atom. The molecule has 16 heteroatoms. The predicted octanol–water partition coefficient (Wildman–Crippen LogP) is 4.98. The molecule has 2 aliphatic rings. The van der Waals surface area contributed by atoms with E-state index in [9.17, 15) is 40.7 Å². The number of nitrogens with zero attached hydrogens (tertiary/aromatic N) is 1. The van der Waals surface area contributed by atoms with Crippen LogP contribution in [0.5, 0.6) is 0 Å². The van der Waals surface area contributed by atoms with Crippen molar-refractivity contribution < 1.29 is 45.8 Å². The van der Waals surface area contributed by atoms with Gasteiger partial charge in [0, 0.05) is 30.4 Å². The molecule has 1 aromatic carbocycles. The summed E-state index contributed by atoms with van der Waals surface area (Å²) < 4.78 is 79.5. The Kier molecular flexibility index (Phi) is 8.63. The Hall–Kier alpha value is -2.95. The summed E-state index contributed by atoms with van der Waals surface area (Å²) in [6.45, 7) is 0.268. The number of thiophene rings is 1. The van der Waals surface area contributed by atoms with Gasteiger partial charge in [-0.2, -0.15) is 26.3 Å².